The number of nitrogens with zero attached hydrogens (tertiary/aromatic N) is 4. The van der Waals surface area contributed by atoms with Gasteiger partial charge >= 0.3 is 0 Å². The molecular weight excluding hydrogens is 340 g/mol. The van der Waals surface area contributed by atoms with Gasteiger partial charge in [-0.05, 0) is 32.9 Å². The summed E-state index contributed by atoms with van der Waals surface area (Å²) in [5.74, 6) is 0. The largest absolute Gasteiger partial charge is 0.265 e. The molecule has 1 aromatic carbocycles. The van der Waals surface area contributed by atoms with Crippen molar-refractivity contribution in [3.8, 4) is 11.3 Å². The molecule has 3 rings (SSSR count). The Morgan fingerprint density at radius 1 is 1.12 bits per heavy atom. The smallest absolute Gasteiger partial charge is 0.206 e. The van der Waals surface area contributed by atoms with E-state index in [0.717, 1.165) is 32.9 Å². The number of thiazole rings is 1. The Balaban J connectivity index is 2.13. The van der Waals surface area contributed by atoms with E-state index in [4.69, 9.17) is 5.10 Å². The lowest BCUT2D eigenvalue weighted by molar-refractivity contribution is 0.830. The van der Waals surface area contributed by atoms with Crippen LogP contribution in [0.15, 0.2) is 76.4 Å². The maximum atomic E-state index is 4.86. The fourth-order valence-corrected chi connectivity index (χ4v) is 3.26. The molecule has 0 amide bonds. The molecule has 0 spiro atoms. The summed E-state index contributed by atoms with van der Waals surface area (Å²) in [4.78, 5) is 9.61. The summed E-state index contributed by atoms with van der Waals surface area (Å²) in [5.41, 5.74) is 6.37. The summed E-state index contributed by atoms with van der Waals surface area (Å²) in [7, 11) is 0. The molecule has 0 saturated heterocycles. The van der Waals surface area contributed by atoms with Crippen molar-refractivity contribution in [1.29, 1.82) is 0 Å². The van der Waals surface area contributed by atoms with Crippen molar-refractivity contribution in [2.75, 3.05) is 6.54 Å². The number of aryl methyl sites for hydroxylation is 1. The van der Waals surface area contributed by atoms with Crippen LogP contribution in [0, 0.1) is 6.92 Å². The van der Waals surface area contributed by atoms with Gasteiger partial charge in [0.15, 0.2) is 0 Å². The number of benzene rings is 1. The molecule has 0 saturated carbocycles. The molecule has 0 aliphatic carbocycles. The van der Waals surface area contributed by atoms with Crippen LogP contribution in [0.1, 0.15) is 25.0 Å². The highest BCUT2D eigenvalue weighted by molar-refractivity contribution is 7.07. The van der Waals surface area contributed by atoms with Crippen LogP contribution in [-0.4, -0.2) is 21.9 Å². The Hall–Kier alpha value is -2.79. The Morgan fingerprint density at radius 3 is 2.46 bits per heavy atom. The first-order chi connectivity index (χ1) is 12.5. The van der Waals surface area contributed by atoms with Crippen molar-refractivity contribution < 1.29 is 0 Å². The Kier molecular flexibility index (Phi) is 5.58. The molecule has 0 radical (unpaired) electrons. The van der Waals surface area contributed by atoms with Crippen molar-refractivity contribution in [2.24, 2.45) is 10.1 Å². The lowest BCUT2D eigenvalue weighted by Gasteiger charge is -2.07. The maximum absolute atomic E-state index is 4.86. The van der Waals surface area contributed by atoms with Gasteiger partial charge in [-0.2, -0.15) is 5.10 Å². The molecule has 0 bridgehead atoms. The molecule has 0 aliphatic heterocycles. The minimum absolute atomic E-state index is 0.595. The summed E-state index contributed by atoms with van der Waals surface area (Å²) < 4.78 is 1.92. The predicted octanol–water partition coefficient (Wildman–Crippen LogP) is 4.67. The van der Waals surface area contributed by atoms with Crippen molar-refractivity contribution >= 4 is 17.0 Å². The van der Waals surface area contributed by atoms with Gasteiger partial charge in [-0.1, -0.05) is 42.0 Å². The molecule has 26 heavy (non-hydrogen) atoms. The van der Waals surface area contributed by atoms with Crippen LogP contribution < -0.4 is 4.80 Å². The van der Waals surface area contributed by atoms with E-state index < -0.39 is 0 Å². The van der Waals surface area contributed by atoms with Crippen LogP contribution in [0.2, 0.25) is 0 Å². The minimum atomic E-state index is 0.595. The van der Waals surface area contributed by atoms with Gasteiger partial charge < -0.3 is 0 Å². The summed E-state index contributed by atoms with van der Waals surface area (Å²) >= 11 is 1.59. The molecule has 0 aliphatic rings. The predicted molar refractivity (Wildman–Crippen MR) is 110 cm³/mol. The zero-order chi connectivity index (χ0) is 18.5. The van der Waals surface area contributed by atoms with E-state index in [1.807, 2.05) is 30.7 Å². The van der Waals surface area contributed by atoms with E-state index in [1.54, 1.807) is 23.7 Å². The number of hydrogen-bond acceptors (Lipinski definition) is 4. The second kappa shape index (κ2) is 8.06. The van der Waals surface area contributed by atoms with Crippen molar-refractivity contribution in [2.45, 2.75) is 20.8 Å². The first-order valence-corrected chi connectivity index (χ1v) is 9.31. The molecule has 3 aromatic rings. The molecule has 4 nitrogen and oxygen atoms in total. The summed E-state index contributed by atoms with van der Waals surface area (Å²) in [6, 6.07) is 12.4. The van der Waals surface area contributed by atoms with Crippen LogP contribution in [-0.2, 0) is 0 Å². The summed E-state index contributed by atoms with van der Waals surface area (Å²) in [5, 5.41) is 6.96. The Labute approximate surface area is 157 Å². The van der Waals surface area contributed by atoms with E-state index in [1.165, 1.54) is 5.56 Å². The third kappa shape index (κ3) is 4.24. The normalized spacial score (nSPS) is 12.4. The number of aromatic nitrogens is 2. The van der Waals surface area contributed by atoms with E-state index in [-0.39, 0.29) is 0 Å². The zero-order valence-corrected chi connectivity index (χ0v) is 16.1. The fraction of sp³-hybridized carbons (Fsp3) is 0.190. The van der Waals surface area contributed by atoms with Crippen molar-refractivity contribution in [3.63, 3.8) is 0 Å². The average Bonchev–Trinajstić information content (AvgIpc) is 3.04. The van der Waals surface area contributed by atoms with Gasteiger partial charge in [0.05, 0.1) is 18.0 Å². The SMILES string of the molecule is C=C(C)CN=c1scc(-c2ccc(C)cc2)n1N=C(C)c1ccncc1. The molecule has 2 heterocycles. The average molecular weight is 363 g/mol. The monoisotopic (exact) mass is 362 g/mol. The van der Waals surface area contributed by atoms with Gasteiger partial charge in [0.2, 0.25) is 4.80 Å². The topological polar surface area (TPSA) is 42.5 Å². The van der Waals surface area contributed by atoms with Gasteiger partial charge in [0.25, 0.3) is 0 Å². The third-order valence-electron chi connectivity index (χ3n) is 3.87. The first-order valence-electron chi connectivity index (χ1n) is 8.43. The Bertz CT molecular complexity index is 992. The molecule has 132 valence electrons. The van der Waals surface area contributed by atoms with Gasteiger partial charge in [0.1, 0.15) is 0 Å². The van der Waals surface area contributed by atoms with E-state index in [9.17, 15) is 0 Å². The van der Waals surface area contributed by atoms with Gasteiger partial charge in [-0.15, -0.1) is 11.3 Å². The minimum Gasteiger partial charge on any atom is -0.265 e. The van der Waals surface area contributed by atoms with Gasteiger partial charge in [0, 0.05) is 28.9 Å². The van der Waals surface area contributed by atoms with E-state index in [2.05, 4.69) is 53.1 Å². The highest BCUT2D eigenvalue weighted by Crippen LogP contribution is 2.21. The van der Waals surface area contributed by atoms with E-state index in [0.29, 0.717) is 6.54 Å². The summed E-state index contributed by atoms with van der Waals surface area (Å²) in [6.45, 7) is 10.6. The number of pyridine rings is 1. The van der Waals surface area contributed by atoms with Crippen LogP contribution in [0.5, 0.6) is 0 Å². The number of rotatable bonds is 5. The summed E-state index contributed by atoms with van der Waals surface area (Å²) in [6.07, 6.45) is 3.56. The maximum Gasteiger partial charge on any atom is 0.206 e. The van der Waals surface area contributed by atoms with Gasteiger partial charge in [-0.25, -0.2) is 4.68 Å². The molecule has 0 fully saturated rings. The quantitative estimate of drug-likeness (QED) is 0.480. The highest BCUT2D eigenvalue weighted by atomic mass is 32.1. The first kappa shape index (κ1) is 18.0. The standard InChI is InChI=1S/C21H22N4S/c1-15(2)13-23-21-25(24-17(4)18-9-11-22-12-10-18)20(14-26-21)19-7-5-16(3)6-8-19/h5-12,14H,1,13H2,2-4H3. The Morgan fingerprint density at radius 2 is 1.81 bits per heavy atom. The van der Waals surface area contributed by atoms with Crippen LogP contribution >= 0.6 is 11.3 Å². The highest BCUT2D eigenvalue weighted by Gasteiger charge is 2.08. The van der Waals surface area contributed by atoms with Gasteiger partial charge in [-0.3, -0.25) is 9.98 Å². The molecule has 2 aromatic heterocycles. The number of hydrogen-bond donors (Lipinski definition) is 0. The molecule has 0 unspecified atom stereocenters. The molecule has 5 heteroatoms. The van der Waals surface area contributed by atoms with Crippen molar-refractivity contribution in [1.82, 2.24) is 9.66 Å². The van der Waals surface area contributed by atoms with Crippen LogP contribution in [0.25, 0.3) is 11.3 Å². The second-order valence-electron chi connectivity index (χ2n) is 6.28. The second-order valence-corrected chi connectivity index (χ2v) is 7.11. The molecular formula is C21H22N4S. The molecule has 0 N–H and O–H groups in total. The van der Waals surface area contributed by atoms with Crippen LogP contribution in [0.4, 0.5) is 0 Å². The lowest BCUT2D eigenvalue weighted by atomic mass is 10.1. The lowest BCUT2D eigenvalue weighted by Crippen LogP contribution is -2.15. The zero-order valence-electron chi connectivity index (χ0n) is 15.3. The third-order valence-corrected chi connectivity index (χ3v) is 4.72. The molecule has 0 atom stereocenters. The van der Waals surface area contributed by atoms with Crippen LogP contribution in [0.3, 0.4) is 0 Å². The fourth-order valence-electron chi connectivity index (χ4n) is 2.43. The van der Waals surface area contributed by atoms with Crippen molar-refractivity contribution in [3.05, 3.63) is 82.3 Å². The van der Waals surface area contributed by atoms with E-state index >= 15 is 0 Å².